The van der Waals surface area contributed by atoms with Crippen molar-refractivity contribution >= 4 is 5.97 Å². The van der Waals surface area contributed by atoms with Crippen LogP contribution >= 0.6 is 0 Å². The van der Waals surface area contributed by atoms with Gasteiger partial charge in [-0.1, -0.05) is 0 Å². The minimum Gasteiger partial charge on any atom is -0.480 e. The Morgan fingerprint density at radius 3 is 2.70 bits per heavy atom. The number of carboxylic acids is 1. The van der Waals surface area contributed by atoms with Crippen molar-refractivity contribution in [1.82, 2.24) is 14.9 Å². The third-order valence-electron chi connectivity index (χ3n) is 3.23. The second-order valence-corrected chi connectivity index (χ2v) is 4.79. The fourth-order valence-electron chi connectivity index (χ4n) is 2.20. The van der Waals surface area contributed by atoms with Crippen LogP contribution in [0.4, 0.5) is 0 Å². The van der Waals surface area contributed by atoms with Crippen molar-refractivity contribution in [1.29, 1.82) is 0 Å². The highest BCUT2D eigenvalue weighted by Crippen LogP contribution is 2.26. The summed E-state index contributed by atoms with van der Waals surface area (Å²) >= 11 is 0. The average Bonchev–Trinajstić information content (AvgIpc) is 3.00. The SMILES string of the molecule is CO.O=C(O)CNCc1cn([C@H]2CCC(CO)O2)c(=O)[nH]c1=O. The molecular formula is C13H21N3O7. The van der Waals surface area contributed by atoms with Gasteiger partial charge in [0.25, 0.3) is 5.56 Å². The molecule has 10 nitrogen and oxygen atoms in total. The van der Waals surface area contributed by atoms with Crippen molar-refractivity contribution in [3.8, 4) is 0 Å². The Kier molecular flexibility index (Phi) is 7.62. The molecule has 2 heterocycles. The Bertz CT molecular complexity index is 625. The fraction of sp³-hybridized carbons (Fsp3) is 0.615. The summed E-state index contributed by atoms with van der Waals surface area (Å²) in [4.78, 5) is 36.1. The van der Waals surface area contributed by atoms with Crippen LogP contribution < -0.4 is 16.6 Å². The third kappa shape index (κ3) is 5.28. The van der Waals surface area contributed by atoms with Crippen LogP contribution in [0, 0.1) is 0 Å². The van der Waals surface area contributed by atoms with Gasteiger partial charge in [0.1, 0.15) is 6.23 Å². The maximum atomic E-state index is 11.8. The lowest BCUT2D eigenvalue weighted by atomic mass is 10.2. The van der Waals surface area contributed by atoms with Gasteiger partial charge in [0, 0.05) is 25.4 Å². The van der Waals surface area contributed by atoms with Gasteiger partial charge in [-0.2, -0.15) is 0 Å². The van der Waals surface area contributed by atoms with Gasteiger partial charge in [0.15, 0.2) is 0 Å². The molecule has 1 saturated heterocycles. The maximum Gasteiger partial charge on any atom is 0.330 e. The Morgan fingerprint density at radius 2 is 2.13 bits per heavy atom. The van der Waals surface area contributed by atoms with Crippen molar-refractivity contribution in [2.45, 2.75) is 31.7 Å². The predicted octanol–water partition coefficient (Wildman–Crippen LogP) is -2.01. The van der Waals surface area contributed by atoms with Crippen molar-refractivity contribution in [3.63, 3.8) is 0 Å². The van der Waals surface area contributed by atoms with E-state index < -0.39 is 23.4 Å². The van der Waals surface area contributed by atoms with E-state index >= 15 is 0 Å². The zero-order chi connectivity index (χ0) is 17.4. The number of hydrogen-bond donors (Lipinski definition) is 5. The first-order valence-corrected chi connectivity index (χ1v) is 6.99. The number of aliphatic hydroxyl groups excluding tert-OH is 2. The first kappa shape index (κ1) is 19.0. The third-order valence-corrected chi connectivity index (χ3v) is 3.23. The largest absolute Gasteiger partial charge is 0.480 e. The monoisotopic (exact) mass is 331 g/mol. The molecule has 23 heavy (non-hydrogen) atoms. The number of carboxylic acid groups (broad SMARTS) is 1. The van der Waals surface area contributed by atoms with Crippen molar-refractivity contribution in [3.05, 3.63) is 32.6 Å². The van der Waals surface area contributed by atoms with Crippen LogP contribution in [-0.2, 0) is 16.1 Å². The van der Waals surface area contributed by atoms with Gasteiger partial charge in [-0.3, -0.25) is 19.1 Å². The molecule has 10 heteroatoms. The highest BCUT2D eigenvalue weighted by Gasteiger charge is 2.27. The van der Waals surface area contributed by atoms with Gasteiger partial charge < -0.3 is 25.4 Å². The van der Waals surface area contributed by atoms with Gasteiger partial charge in [0.05, 0.1) is 19.3 Å². The van der Waals surface area contributed by atoms with E-state index in [2.05, 4.69) is 10.3 Å². The lowest BCUT2D eigenvalue weighted by molar-refractivity contribution is -0.136. The number of ether oxygens (including phenoxy) is 1. The average molecular weight is 331 g/mol. The Labute approximate surface area is 131 Å². The first-order valence-electron chi connectivity index (χ1n) is 6.99. The fourth-order valence-corrected chi connectivity index (χ4v) is 2.20. The van der Waals surface area contributed by atoms with E-state index in [0.29, 0.717) is 12.8 Å². The molecule has 1 fully saturated rings. The van der Waals surface area contributed by atoms with Crippen LogP contribution in [0.25, 0.3) is 0 Å². The van der Waals surface area contributed by atoms with E-state index in [1.54, 1.807) is 0 Å². The molecular weight excluding hydrogens is 310 g/mol. The molecule has 2 atom stereocenters. The summed E-state index contributed by atoms with van der Waals surface area (Å²) in [6.45, 7) is -0.384. The summed E-state index contributed by atoms with van der Waals surface area (Å²) < 4.78 is 6.75. The normalized spacial score (nSPS) is 20.0. The number of nitrogens with one attached hydrogen (secondary N) is 2. The molecule has 0 bridgehead atoms. The van der Waals surface area contributed by atoms with Gasteiger partial charge in [-0.05, 0) is 12.8 Å². The Hall–Kier alpha value is -2.01. The maximum absolute atomic E-state index is 11.8. The van der Waals surface area contributed by atoms with Crippen LogP contribution in [0.2, 0.25) is 0 Å². The lowest BCUT2D eigenvalue weighted by Gasteiger charge is -2.15. The molecule has 0 aromatic carbocycles. The molecule has 0 spiro atoms. The molecule has 1 aliphatic rings. The van der Waals surface area contributed by atoms with Crippen LogP contribution in [0.3, 0.4) is 0 Å². The zero-order valence-corrected chi connectivity index (χ0v) is 12.7. The summed E-state index contributed by atoms with van der Waals surface area (Å²) in [6, 6.07) is 0. The van der Waals surface area contributed by atoms with Crippen molar-refractivity contribution in [2.24, 2.45) is 0 Å². The van der Waals surface area contributed by atoms with E-state index in [1.807, 2.05) is 0 Å². The molecule has 0 radical (unpaired) electrons. The molecule has 1 aliphatic heterocycles. The smallest absolute Gasteiger partial charge is 0.330 e. The van der Waals surface area contributed by atoms with Gasteiger partial charge in [-0.25, -0.2) is 4.79 Å². The minimum absolute atomic E-state index is 0.0259. The van der Waals surface area contributed by atoms with Gasteiger partial charge in [0.2, 0.25) is 0 Å². The molecule has 130 valence electrons. The van der Waals surface area contributed by atoms with E-state index in [0.717, 1.165) is 7.11 Å². The minimum atomic E-state index is -1.04. The Balaban J connectivity index is 0.00000127. The number of aromatic amines is 1. The molecule has 5 N–H and O–H groups in total. The summed E-state index contributed by atoms with van der Waals surface area (Å²) in [6.07, 6.45) is 1.69. The van der Waals surface area contributed by atoms with Crippen LogP contribution in [0.5, 0.6) is 0 Å². The molecule has 0 aliphatic carbocycles. The summed E-state index contributed by atoms with van der Waals surface area (Å²) in [5.41, 5.74) is -0.914. The summed E-state index contributed by atoms with van der Waals surface area (Å²) in [5, 5.41) is 27.2. The topological polar surface area (TPSA) is 154 Å². The number of carbonyl (C=O) groups is 1. The molecule has 0 saturated carbocycles. The Morgan fingerprint density at radius 1 is 1.43 bits per heavy atom. The summed E-state index contributed by atoms with van der Waals surface area (Å²) in [7, 11) is 1.00. The van der Waals surface area contributed by atoms with E-state index in [1.165, 1.54) is 10.8 Å². The van der Waals surface area contributed by atoms with E-state index in [4.69, 9.17) is 20.1 Å². The molecule has 1 unspecified atom stereocenters. The van der Waals surface area contributed by atoms with E-state index in [9.17, 15) is 14.4 Å². The van der Waals surface area contributed by atoms with Crippen molar-refractivity contribution < 1.29 is 24.9 Å². The van der Waals surface area contributed by atoms with Gasteiger partial charge in [-0.15, -0.1) is 0 Å². The quantitative estimate of drug-likeness (QED) is 0.400. The highest BCUT2D eigenvalue weighted by molar-refractivity contribution is 5.68. The van der Waals surface area contributed by atoms with E-state index in [-0.39, 0.29) is 31.4 Å². The summed E-state index contributed by atoms with van der Waals surface area (Å²) in [5.74, 6) is -1.04. The number of hydrogen-bond acceptors (Lipinski definition) is 7. The molecule has 2 rings (SSSR count). The number of aliphatic carboxylic acids is 1. The van der Waals surface area contributed by atoms with Crippen LogP contribution in [-0.4, -0.2) is 57.2 Å². The van der Waals surface area contributed by atoms with Crippen LogP contribution in [0.1, 0.15) is 24.6 Å². The van der Waals surface area contributed by atoms with Crippen LogP contribution in [0.15, 0.2) is 15.8 Å². The standard InChI is InChI=1S/C12H17N3O6.CH4O/c16-6-8-1-2-9(21-8)15-5-7(3-13-4-10(17)18)11(19)14-12(15)20;1-2/h5,8-9,13,16H,1-4,6H2,(H,17,18)(H,14,19,20);2H,1H3/t8?,9-;/m1./s1. The zero-order valence-electron chi connectivity index (χ0n) is 12.7. The molecule has 1 aromatic rings. The second-order valence-electron chi connectivity index (χ2n) is 4.79. The number of nitrogens with zero attached hydrogens (tertiary/aromatic N) is 1. The lowest BCUT2D eigenvalue weighted by Crippen LogP contribution is -2.36. The predicted molar refractivity (Wildman–Crippen MR) is 79.0 cm³/mol. The second kappa shape index (κ2) is 9.20. The number of aliphatic hydroxyl groups is 2. The number of H-pyrrole nitrogens is 1. The first-order chi connectivity index (χ1) is 11.0. The molecule has 0 amide bonds. The molecule has 1 aromatic heterocycles. The highest BCUT2D eigenvalue weighted by atomic mass is 16.5. The van der Waals surface area contributed by atoms with Gasteiger partial charge >= 0.3 is 11.7 Å². The van der Waals surface area contributed by atoms with Crippen molar-refractivity contribution in [2.75, 3.05) is 20.3 Å². The number of aromatic nitrogens is 2. The number of rotatable bonds is 6.